The molecule has 0 saturated carbocycles. The molecule has 0 radical (unpaired) electrons. The molecule has 0 aliphatic carbocycles. The quantitative estimate of drug-likeness (QED) is 0.731. The normalized spacial score (nSPS) is 11.0. The van der Waals surface area contributed by atoms with E-state index in [0.29, 0.717) is 18.8 Å². The van der Waals surface area contributed by atoms with Crippen molar-refractivity contribution in [2.45, 2.75) is 52.6 Å². The lowest BCUT2D eigenvalue weighted by atomic mass is 10.2. The lowest BCUT2D eigenvalue weighted by Crippen LogP contribution is -2.38. The van der Waals surface area contributed by atoms with E-state index >= 15 is 0 Å². The van der Waals surface area contributed by atoms with Crippen LogP contribution in [-0.2, 0) is 6.54 Å². The molecule has 5 nitrogen and oxygen atoms in total. The molecular formula is C14H26N4O. The molecule has 0 aromatic carbocycles. The Morgan fingerprint density at radius 3 is 2.79 bits per heavy atom. The minimum atomic E-state index is 0.0156. The Balaban J connectivity index is 2.68. The van der Waals surface area contributed by atoms with E-state index in [9.17, 15) is 4.79 Å². The van der Waals surface area contributed by atoms with Gasteiger partial charge in [-0.25, -0.2) is 4.98 Å². The summed E-state index contributed by atoms with van der Waals surface area (Å²) < 4.78 is 1.86. The molecule has 1 heterocycles. The second-order valence-corrected chi connectivity index (χ2v) is 5.08. The number of hydrogen-bond donors (Lipinski definition) is 1. The third kappa shape index (κ3) is 4.67. The van der Waals surface area contributed by atoms with E-state index in [2.05, 4.69) is 11.9 Å². The predicted molar refractivity (Wildman–Crippen MR) is 77.0 cm³/mol. The molecule has 1 amide bonds. The van der Waals surface area contributed by atoms with Crippen molar-refractivity contribution in [1.82, 2.24) is 14.5 Å². The standard InChI is InChI=1S/C14H26N4O/c1-4-5-6-8-18(12(2)3)14(19)13-10-17(9-7-15)11-16-13/h10-12H,4-9,15H2,1-3H3. The number of carbonyl (C=O) groups is 1. The van der Waals surface area contributed by atoms with Crippen LogP contribution in [0.3, 0.4) is 0 Å². The number of amides is 1. The van der Waals surface area contributed by atoms with Gasteiger partial charge in [-0.15, -0.1) is 0 Å². The number of hydrogen-bond acceptors (Lipinski definition) is 3. The molecule has 0 atom stereocenters. The van der Waals surface area contributed by atoms with Crippen LogP contribution in [0, 0.1) is 0 Å². The summed E-state index contributed by atoms with van der Waals surface area (Å²) in [5.74, 6) is 0.0156. The van der Waals surface area contributed by atoms with E-state index in [0.717, 1.165) is 25.8 Å². The van der Waals surface area contributed by atoms with Crippen molar-refractivity contribution >= 4 is 5.91 Å². The van der Waals surface area contributed by atoms with Crippen molar-refractivity contribution in [2.75, 3.05) is 13.1 Å². The van der Waals surface area contributed by atoms with E-state index in [1.165, 1.54) is 0 Å². The van der Waals surface area contributed by atoms with Crippen LogP contribution >= 0.6 is 0 Å². The maximum atomic E-state index is 12.4. The zero-order chi connectivity index (χ0) is 14.3. The Bertz CT molecular complexity index is 387. The van der Waals surface area contributed by atoms with Gasteiger partial charge in [0.05, 0.1) is 6.33 Å². The molecule has 2 N–H and O–H groups in total. The van der Waals surface area contributed by atoms with Gasteiger partial charge < -0.3 is 15.2 Å². The molecule has 0 saturated heterocycles. The van der Waals surface area contributed by atoms with Crippen molar-refractivity contribution in [3.8, 4) is 0 Å². The predicted octanol–water partition coefficient (Wildman–Crippen LogP) is 1.88. The third-order valence-electron chi connectivity index (χ3n) is 3.13. The number of nitrogens with zero attached hydrogens (tertiary/aromatic N) is 3. The fourth-order valence-corrected chi connectivity index (χ4v) is 2.02. The number of unbranched alkanes of at least 4 members (excludes halogenated alkanes) is 2. The maximum absolute atomic E-state index is 12.4. The molecule has 1 rings (SSSR count). The van der Waals surface area contributed by atoms with Crippen molar-refractivity contribution in [3.63, 3.8) is 0 Å². The van der Waals surface area contributed by atoms with Crippen molar-refractivity contribution in [2.24, 2.45) is 5.73 Å². The van der Waals surface area contributed by atoms with Gasteiger partial charge in [-0.3, -0.25) is 4.79 Å². The van der Waals surface area contributed by atoms with Gasteiger partial charge in [0.1, 0.15) is 5.69 Å². The van der Waals surface area contributed by atoms with Crippen LogP contribution in [0.1, 0.15) is 50.5 Å². The fraction of sp³-hybridized carbons (Fsp3) is 0.714. The number of carbonyl (C=O) groups excluding carboxylic acids is 1. The third-order valence-corrected chi connectivity index (χ3v) is 3.13. The van der Waals surface area contributed by atoms with E-state index in [-0.39, 0.29) is 11.9 Å². The van der Waals surface area contributed by atoms with Crippen LogP contribution in [0.15, 0.2) is 12.5 Å². The molecule has 19 heavy (non-hydrogen) atoms. The first-order valence-electron chi connectivity index (χ1n) is 7.13. The molecule has 0 aliphatic rings. The van der Waals surface area contributed by atoms with E-state index in [1.54, 1.807) is 12.5 Å². The van der Waals surface area contributed by atoms with Crippen LogP contribution in [0.25, 0.3) is 0 Å². The first-order chi connectivity index (χ1) is 9.10. The molecule has 5 heteroatoms. The second-order valence-electron chi connectivity index (χ2n) is 5.08. The molecule has 0 bridgehead atoms. The van der Waals surface area contributed by atoms with E-state index < -0.39 is 0 Å². The first-order valence-corrected chi connectivity index (χ1v) is 7.13. The van der Waals surface area contributed by atoms with Gasteiger partial charge in [-0.1, -0.05) is 19.8 Å². The van der Waals surface area contributed by atoms with E-state index in [4.69, 9.17) is 5.73 Å². The van der Waals surface area contributed by atoms with Crippen LogP contribution in [-0.4, -0.2) is 39.5 Å². The van der Waals surface area contributed by atoms with Gasteiger partial charge in [0.2, 0.25) is 0 Å². The van der Waals surface area contributed by atoms with Crippen LogP contribution < -0.4 is 5.73 Å². The lowest BCUT2D eigenvalue weighted by molar-refractivity contribution is 0.0696. The highest BCUT2D eigenvalue weighted by molar-refractivity contribution is 5.92. The molecule has 0 spiro atoms. The van der Waals surface area contributed by atoms with Gasteiger partial charge in [0, 0.05) is 31.9 Å². The Morgan fingerprint density at radius 1 is 1.47 bits per heavy atom. The number of imidazole rings is 1. The summed E-state index contributed by atoms with van der Waals surface area (Å²) >= 11 is 0. The SMILES string of the molecule is CCCCCN(C(=O)c1cn(CCN)cn1)C(C)C. The zero-order valence-electron chi connectivity index (χ0n) is 12.3. The monoisotopic (exact) mass is 266 g/mol. The van der Waals surface area contributed by atoms with Gasteiger partial charge in [-0.2, -0.15) is 0 Å². The van der Waals surface area contributed by atoms with Crippen LogP contribution in [0.4, 0.5) is 0 Å². The first kappa shape index (κ1) is 15.7. The number of aromatic nitrogens is 2. The average molecular weight is 266 g/mol. The Kier molecular flexibility index (Phi) is 6.56. The summed E-state index contributed by atoms with van der Waals surface area (Å²) in [4.78, 5) is 18.5. The highest BCUT2D eigenvalue weighted by Crippen LogP contribution is 2.09. The Hall–Kier alpha value is -1.36. The van der Waals surface area contributed by atoms with E-state index in [1.807, 2.05) is 23.3 Å². The molecular weight excluding hydrogens is 240 g/mol. The summed E-state index contributed by atoms with van der Waals surface area (Å²) in [5, 5.41) is 0. The smallest absolute Gasteiger partial charge is 0.274 e. The van der Waals surface area contributed by atoms with Crippen molar-refractivity contribution in [3.05, 3.63) is 18.2 Å². The summed E-state index contributed by atoms with van der Waals surface area (Å²) in [6, 6.07) is 0.198. The minimum Gasteiger partial charge on any atom is -0.335 e. The number of rotatable bonds is 8. The fourth-order valence-electron chi connectivity index (χ4n) is 2.02. The van der Waals surface area contributed by atoms with Crippen molar-refractivity contribution in [1.29, 1.82) is 0 Å². The molecule has 0 aliphatic heterocycles. The minimum absolute atomic E-state index is 0.0156. The van der Waals surface area contributed by atoms with Gasteiger partial charge >= 0.3 is 0 Å². The highest BCUT2D eigenvalue weighted by atomic mass is 16.2. The molecule has 1 aromatic heterocycles. The summed E-state index contributed by atoms with van der Waals surface area (Å²) in [6.07, 6.45) is 6.81. The highest BCUT2D eigenvalue weighted by Gasteiger charge is 2.20. The maximum Gasteiger partial charge on any atom is 0.274 e. The van der Waals surface area contributed by atoms with Crippen molar-refractivity contribution < 1.29 is 4.79 Å². The molecule has 108 valence electrons. The zero-order valence-corrected chi connectivity index (χ0v) is 12.3. The average Bonchev–Trinajstić information content (AvgIpc) is 2.82. The second kappa shape index (κ2) is 7.94. The molecule has 0 unspecified atom stereocenters. The Morgan fingerprint density at radius 2 is 2.21 bits per heavy atom. The van der Waals surface area contributed by atoms with Gasteiger partial charge in [0.15, 0.2) is 0 Å². The largest absolute Gasteiger partial charge is 0.335 e. The summed E-state index contributed by atoms with van der Waals surface area (Å²) in [7, 11) is 0. The van der Waals surface area contributed by atoms with Crippen LogP contribution in [0.2, 0.25) is 0 Å². The van der Waals surface area contributed by atoms with Gasteiger partial charge in [0.25, 0.3) is 5.91 Å². The summed E-state index contributed by atoms with van der Waals surface area (Å²) in [6.45, 7) is 8.29. The molecule has 1 aromatic rings. The van der Waals surface area contributed by atoms with Gasteiger partial charge in [-0.05, 0) is 20.3 Å². The topological polar surface area (TPSA) is 64.2 Å². The van der Waals surface area contributed by atoms with Crippen LogP contribution in [0.5, 0.6) is 0 Å². The number of nitrogens with two attached hydrogens (primary N) is 1. The summed E-state index contributed by atoms with van der Waals surface area (Å²) in [5.41, 5.74) is 6.00. The Labute approximate surface area is 115 Å². The molecule has 0 fully saturated rings. The lowest BCUT2D eigenvalue weighted by Gasteiger charge is -2.26.